The van der Waals surface area contributed by atoms with Crippen molar-refractivity contribution in [3.8, 4) is 0 Å². The van der Waals surface area contributed by atoms with Crippen LogP contribution in [-0.4, -0.2) is 47.7 Å². The minimum Gasteiger partial charge on any atom is -0.384 e. The fraction of sp³-hybridized carbons (Fsp3) is 0.667. The third kappa shape index (κ3) is 5.25. The van der Waals surface area contributed by atoms with Crippen LogP contribution in [0.5, 0.6) is 0 Å². The van der Waals surface area contributed by atoms with Gasteiger partial charge in [-0.25, -0.2) is 13.1 Å². The first-order valence-electron chi connectivity index (χ1n) is 7.89. The minimum atomic E-state index is -3.55. The lowest BCUT2D eigenvalue weighted by molar-refractivity contribution is -0.119. The summed E-state index contributed by atoms with van der Waals surface area (Å²) in [5, 5.41) is 5.95. The predicted molar refractivity (Wildman–Crippen MR) is 93.4 cm³/mol. The van der Waals surface area contributed by atoms with Crippen LogP contribution in [0.25, 0.3) is 0 Å². The zero-order valence-corrected chi connectivity index (χ0v) is 15.7. The number of thiophene rings is 1. The van der Waals surface area contributed by atoms with Gasteiger partial charge in [-0.05, 0) is 38.1 Å². The molecule has 0 unspecified atom stereocenters. The number of hydrogen-bond acceptors (Lipinski definition) is 6. The van der Waals surface area contributed by atoms with Crippen LogP contribution in [0.1, 0.15) is 24.6 Å². The van der Waals surface area contributed by atoms with E-state index in [4.69, 9.17) is 4.74 Å². The van der Waals surface area contributed by atoms with Gasteiger partial charge >= 0.3 is 0 Å². The van der Waals surface area contributed by atoms with Crippen molar-refractivity contribution in [2.24, 2.45) is 5.41 Å². The first kappa shape index (κ1) is 19.3. The molecule has 1 fully saturated rings. The van der Waals surface area contributed by atoms with Crippen molar-refractivity contribution in [3.63, 3.8) is 0 Å². The lowest BCUT2D eigenvalue weighted by Crippen LogP contribution is -2.47. The molecule has 24 heavy (non-hydrogen) atoms. The van der Waals surface area contributed by atoms with Crippen LogP contribution >= 0.6 is 11.3 Å². The molecule has 136 valence electrons. The number of amides is 1. The predicted octanol–water partition coefficient (Wildman–Crippen LogP) is 0.679. The second-order valence-corrected chi connectivity index (χ2v) is 9.30. The van der Waals surface area contributed by atoms with Gasteiger partial charge in [-0.2, -0.15) is 0 Å². The van der Waals surface area contributed by atoms with Crippen LogP contribution in [0.3, 0.4) is 0 Å². The van der Waals surface area contributed by atoms with Gasteiger partial charge in [-0.15, -0.1) is 11.3 Å². The molecule has 0 spiro atoms. The summed E-state index contributed by atoms with van der Waals surface area (Å²) >= 11 is 1.17. The van der Waals surface area contributed by atoms with E-state index < -0.39 is 10.0 Å². The number of methoxy groups -OCH3 is 1. The maximum Gasteiger partial charge on any atom is 0.250 e. The molecular weight excluding hydrogens is 350 g/mol. The number of carbonyl (C=O) groups excluding carboxylic acids is 1. The largest absolute Gasteiger partial charge is 0.384 e. The number of carbonyl (C=O) groups is 1. The Hall–Kier alpha value is -1.00. The average molecular weight is 376 g/mol. The molecule has 1 aromatic rings. The molecule has 1 amide bonds. The fourth-order valence-electron chi connectivity index (χ4n) is 2.76. The van der Waals surface area contributed by atoms with Crippen molar-refractivity contribution in [1.29, 1.82) is 0 Å². The van der Waals surface area contributed by atoms with Crippen LogP contribution in [0.2, 0.25) is 0 Å². The maximum atomic E-state index is 12.5. The lowest BCUT2D eigenvalue weighted by Gasteiger charge is -2.37. The van der Waals surface area contributed by atoms with E-state index in [0.717, 1.165) is 30.8 Å². The summed E-state index contributed by atoms with van der Waals surface area (Å²) in [4.78, 5) is 11.7. The van der Waals surface area contributed by atoms with Gasteiger partial charge in [-0.1, -0.05) is 0 Å². The van der Waals surface area contributed by atoms with E-state index in [2.05, 4.69) is 15.4 Å². The van der Waals surface area contributed by atoms with Crippen LogP contribution in [-0.2, 0) is 26.1 Å². The second-order valence-electron chi connectivity index (χ2n) is 6.14. The molecule has 1 aliphatic rings. The van der Waals surface area contributed by atoms with E-state index >= 15 is 0 Å². The van der Waals surface area contributed by atoms with Gasteiger partial charge < -0.3 is 15.4 Å². The highest BCUT2D eigenvalue weighted by Crippen LogP contribution is 2.29. The van der Waals surface area contributed by atoms with Gasteiger partial charge in [0.2, 0.25) is 15.9 Å². The Morgan fingerprint density at radius 1 is 1.38 bits per heavy atom. The van der Waals surface area contributed by atoms with Crippen molar-refractivity contribution in [2.75, 3.05) is 33.4 Å². The molecular formula is C15H25N3O4S2. The average Bonchev–Trinajstić information content (AvgIpc) is 3.02. The smallest absolute Gasteiger partial charge is 0.250 e. The number of nitrogens with one attached hydrogen (secondary N) is 3. The monoisotopic (exact) mass is 375 g/mol. The minimum absolute atomic E-state index is 0.140. The number of hydrogen-bond donors (Lipinski definition) is 3. The van der Waals surface area contributed by atoms with Gasteiger partial charge in [0.15, 0.2) is 0 Å². The van der Waals surface area contributed by atoms with Gasteiger partial charge in [0.05, 0.1) is 13.2 Å². The molecule has 0 radical (unpaired) electrons. The van der Waals surface area contributed by atoms with Crippen molar-refractivity contribution < 1.29 is 17.9 Å². The summed E-state index contributed by atoms with van der Waals surface area (Å²) in [6, 6.07) is 3.31. The summed E-state index contributed by atoms with van der Waals surface area (Å²) in [5.74, 6) is -0.140. The lowest BCUT2D eigenvalue weighted by atomic mass is 9.80. The number of ether oxygens (including phenoxy) is 1. The summed E-state index contributed by atoms with van der Waals surface area (Å²) in [6.45, 7) is 4.41. The normalized spacial score (nSPS) is 17.6. The van der Waals surface area contributed by atoms with Crippen molar-refractivity contribution in [1.82, 2.24) is 15.4 Å². The molecule has 0 atom stereocenters. The van der Waals surface area contributed by atoms with E-state index in [1.807, 2.05) is 0 Å². The Morgan fingerprint density at radius 2 is 2.08 bits per heavy atom. The Morgan fingerprint density at radius 3 is 2.71 bits per heavy atom. The summed E-state index contributed by atoms with van der Waals surface area (Å²) in [5.41, 5.74) is -0.163. The molecule has 1 aromatic heterocycles. The van der Waals surface area contributed by atoms with Gasteiger partial charge in [0.1, 0.15) is 4.21 Å². The number of sulfonamides is 1. The molecule has 0 aliphatic carbocycles. The highest BCUT2D eigenvalue weighted by atomic mass is 32.2. The molecule has 2 rings (SSSR count). The first-order chi connectivity index (χ1) is 11.4. The summed E-state index contributed by atoms with van der Waals surface area (Å²) < 4.78 is 33.4. The van der Waals surface area contributed by atoms with Crippen LogP contribution < -0.4 is 15.4 Å². The third-order valence-electron chi connectivity index (χ3n) is 4.17. The Balaban J connectivity index is 2.00. The molecule has 1 saturated heterocycles. The standard InChI is InChI=1S/C15H25N3O4S2/c1-12(19)17-9-13-3-4-14(23-13)24(20,21)18-10-15(11-22-2)5-7-16-8-6-15/h3-4,16,18H,5-11H2,1-2H3,(H,17,19). The van der Waals surface area contributed by atoms with E-state index in [0.29, 0.717) is 19.7 Å². The topological polar surface area (TPSA) is 96.5 Å². The third-order valence-corrected chi connectivity index (χ3v) is 7.14. The molecule has 0 aromatic carbocycles. The zero-order valence-electron chi connectivity index (χ0n) is 14.1. The molecule has 1 aliphatic heterocycles. The summed E-state index contributed by atoms with van der Waals surface area (Å²) in [6.07, 6.45) is 1.75. The van der Waals surface area contributed by atoms with Crippen LogP contribution in [0.4, 0.5) is 0 Å². The highest BCUT2D eigenvalue weighted by Gasteiger charge is 2.33. The van der Waals surface area contributed by atoms with Crippen LogP contribution in [0, 0.1) is 5.41 Å². The van der Waals surface area contributed by atoms with Crippen molar-refractivity contribution >= 4 is 27.3 Å². The van der Waals surface area contributed by atoms with E-state index in [1.54, 1.807) is 19.2 Å². The fourth-order valence-corrected chi connectivity index (χ4v) is 5.26. The van der Waals surface area contributed by atoms with E-state index in [9.17, 15) is 13.2 Å². The highest BCUT2D eigenvalue weighted by molar-refractivity contribution is 7.91. The molecule has 9 heteroatoms. The van der Waals surface area contributed by atoms with Crippen molar-refractivity contribution in [2.45, 2.75) is 30.5 Å². The van der Waals surface area contributed by atoms with Gasteiger partial charge in [-0.3, -0.25) is 4.79 Å². The Labute approximate surface area is 147 Å². The zero-order chi connectivity index (χ0) is 17.6. The van der Waals surface area contributed by atoms with E-state index in [1.165, 1.54) is 18.3 Å². The van der Waals surface area contributed by atoms with Gasteiger partial charge in [0, 0.05) is 30.9 Å². The molecule has 3 N–H and O–H groups in total. The molecule has 2 heterocycles. The maximum absolute atomic E-state index is 12.5. The molecule has 0 saturated carbocycles. The Bertz CT molecular complexity index is 646. The second kappa shape index (κ2) is 8.39. The molecule has 0 bridgehead atoms. The SMILES string of the molecule is COCC1(CNS(=O)(=O)c2ccc(CNC(C)=O)s2)CCNCC1. The van der Waals surface area contributed by atoms with E-state index in [-0.39, 0.29) is 15.5 Å². The number of piperidine rings is 1. The van der Waals surface area contributed by atoms with Gasteiger partial charge in [0.25, 0.3) is 0 Å². The Kier molecular flexibility index (Phi) is 6.76. The summed E-state index contributed by atoms with van der Waals surface area (Å²) in [7, 11) is -1.91. The molecule has 7 nitrogen and oxygen atoms in total. The first-order valence-corrected chi connectivity index (χ1v) is 10.2. The van der Waals surface area contributed by atoms with Crippen LogP contribution in [0.15, 0.2) is 16.3 Å². The number of rotatable bonds is 8. The van der Waals surface area contributed by atoms with Crippen molar-refractivity contribution in [3.05, 3.63) is 17.0 Å². The quantitative estimate of drug-likeness (QED) is 0.621.